The molecule has 1 aromatic carbocycles. The molecule has 12 nitrogen and oxygen atoms in total. The molecule has 1 saturated heterocycles. The number of amides is 3. The maximum atomic E-state index is 14.8. The zero-order valence-electron chi connectivity index (χ0n) is 32.0. The van der Waals surface area contributed by atoms with Crippen LogP contribution in [-0.2, 0) is 58.2 Å². The summed E-state index contributed by atoms with van der Waals surface area (Å²) in [6, 6.07) is 5.19. The Balaban J connectivity index is 1.07. The minimum Gasteiger partial charge on any atom is -0.459 e. The fourth-order valence-electron chi connectivity index (χ4n) is 10.2. The van der Waals surface area contributed by atoms with E-state index in [0.717, 1.165) is 75.3 Å². The van der Waals surface area contributed by atoms with Gasteiger partial charge in [-0.15, -0.1) is 6.58 Å². The minimum atomic E-state index is -3.86. The second-order valence-electron chi connectivity index (χ2n) is 17.8. The van der Waals surface area contributed by atoms with Gasteiger partial charge in [0.25, 0.3) is 0 Å². The van der Waals surface area contributed by atoms with Gasteiger partial charge >= 0.3 is 12.1 Å². The van der Waals surface area contributed by atoms with Crippen molar-refractivity contribution in [3.63, 3.8) is 0 Å². The number of hydrogen-bond donors (Lipinski definition) is 1. The van der Waals surface area contributed by atoms with Gasteiger partial charge < -0.3 is 14.4 Å². The second kappa shape index (κ2) is 14.6. The van der Waals surface area contributed by atoms with Crippen molar-refractivity contribution in [2.75, 3.05) is 6.54 Å². The van der Waals surface area contributed by atoms with E-state index in [1.807, 2.05) is 19.1 Å². The monoisotopic (exact) mass is 777 g/mol. The molecule has 7 aliphatic rings. The number of allylic oxidation sites excluding steroid dienone is 1. The number of benzene rings is 1. The molecule has 1 N–H and O–H groups in total. The van der Waals surface area contributed by atoms with Crippen LogP contribution in [0.4, 0.5) is 4.79 Å². The van der Waals surface area contributed by atoms with Crippen LogP contribution in [0.3, 0.4) is 0 Å². The van der Waals surface area contributed by atoms with Crippen LogP contribution in [0.25, 0.3) is 0 Å². The van der Waals surface area contributed by atoms with Crippen molar-refractivity contribution in [2.24, 2.45) is 29.1 Å². The molecule has 3 heterocycles. The first-order valence-corrected chi connectivity index (χ1v) is 22.1. The number of carbonyl (C=O) groups is 5. The van der Waals surface area contributed by atoms with Gasteiger partial charge in [0.15, 0.2) is 5.78 Å². The molecule has 0 radical (unpaired) electrons. The number of nitrogens with one attached hydrogen (secondary N) is 1. The van der Waals surface area contributed by atoms with Crippen LogP contribution >= 0.6 is 0 Å². The summed E-state index contributed by atoms with van der Waals surface area (Å²) in [5.41, 5.74) is 1.64. The summed E-state index contributed by atoms with van der Waals surface area (Å²) in [5, 5.41) is -0.608. The molecule has 8 rings (SSSR count). The Morgan fingerprint density at radius 1 is 0.982 bits per heavy atom. The number of sulfonamides is 1. The lowest BCUT2D eigenvalue weighted by Gasteiger charge is -2.31. The van der Waals surface area contributed by atoms with E-state index in [4.69, 9.17) is 9.47 Å². The van der Waals surface area contributed by atoms with Gasteiger partial charge in [-0.2, -0.15) is 0 Å². The fraction of sp³-hybridized carbons (Fsp3) is 0.690. The summed E-state index contributed by atoms with van der Waals surface area (Å²) in [6.45, 7) is 6.64. The molecule has 1 aromatic rings. The van der Waals surface area contributed by atoms with Crippen LogP contribution in [0.5, 0.6) is 0 Å². The lowest BCUT2D eigenvalue weighted by molar-refractivity contribution is -0.157. The van der Waals surface area contributed by atoms with Crippen molar-refractivity contribution >= 4 is 39.7 Å². The third-order valence-corrected chi connectivity index (χ3v) is 15.8. The van der Waals surface area contributed by atoms with Gasteiger partial charge in [0.1, 0.15) is 11.7 Å². The van der Waals surface area contributed by atoms with Crippen LogP contribution < -0.4 is 4.72 Å². The van der Waals surface area contributed by atoms with Crippen LogP contribution in [0.15, 0.2) is 30.9 Å². The summed E-state index contributed by atoms with van der Waals surface area (Å²) in [4.78, 5) is 73.4. The van der Waals surface area contributed by atoms with Crippen LogP contribution in [0.1, 0.15) is 120 Å². The van der Waals surface area contributed by atoms with Crippen molar-refractivity contribution in [1.82, 2.24) is 14.5 Å². The molecule has 3 aliphatic heterocycles. The normalized spacial score (nSPS) is 34.3. The third kappa shape index (κ3) is 7.70. The maximum absolute atomic E-state index is 14.8. The molecule has 0 spiro atoms. The number of Topliss-reactive ketones (excluding diaryl/α,β-unsaturated/α-hetero) is 1. The van der Waals surface area contributed by atoms with Gasteiger partial charge in [-0.1, -0.05) is 50.0 Å². The number of ketones is 1. The van der Waals surface area contributed by atoms with Crippen LogP contribution in [0, 0.1) is 29.1 Å². The predicted molar refractivity (Wildman–Crippen MR) is 201 cm³/mol. The Morgan fingerprint density at radius 2 is 1.73 bits per heavy atom. The highest BCUT2D eigenvalue weighted by Crippen LogP contribution is 2.57. The molecule has 3 amide bonds. The average Bonchev–Trinajstić information content (AvgIpc) is 4.07. The number of rotatable bonds is 8. The summed E-state index contributed by atoms with van der Waals surface area (Å²) in [5.74, 6) is -2.74. The number of carbonyl (C=O) groups excluding carboxylic acids is 5. The van der Waals surface area contributed by atoms with E-state index >= 15 is 0 Å². The molecule has 13 heteroatoms. The highest BCUT2D eigenvalue weighted by atomic mass is 32.2. The number of hydrogen-bond acceptors (Lipinski definition) is 9. The SMILES string of the molecule is C=C[C@@H]1C[C@]1(CC(=O)[C@@H]1C[C@@H]2CN1C(=O)[C@H](C1CCCC1)CC(=O)O[C@]1(C)C[C@H]1CCCCCc1cccc3c1CN(C3)C(=O)O2)C(=O)NS(=O)(=O)C1CC1. The largest absolute Gasteiger partial charge is 0.459 e. The summed E-state index contributed by atoms with van der Waals surface area (Å²) >= 11 is 0. The first-order valence-electron chi connectivity index (χ1n) is 20.6. The van der Waals surface area contributed by atoms with Crippen molar-refractivity contribution < 1.29 is 41.9 Å². The standard InChI is InChI=1S/C42H55N3O9S/c1-3-29-21-42(29,39(49)43-55(51,52)32-16-17-32)22-36(46)35-18-31-24-45(35)38(48)33(26-11-7-8-12-26)19-37(47)54-41(2)20-30(41)15-6-4-5-10-27-13-9-14-28-23-44(25-34(27)28)40(50)53-31/h3,9,13-14,26,29-33,35H,1,4-8,10-12,15-25H2,2H3,(H,43,49)/t29-,30-,31-,33+,35+,41-,42-/m1/s1. The Kier molecular flexibility index (Phi) is 10.2. The second-order valence-corrected chi connectivity index (χ2v) is 19.8. The maximum Gasteiger partial charge on any atom is 0.410 e. The molecule has 4 bridgehead atoms. The third-order valence-electron chi connectivity index (χ3n) is 14.0. The van der Waals surface area contributed by atoms with Crippen molar-refractivity contribution in [3.05, 3.63) is 47.5 Å². The van der Waals surface area contributed by atoms with Crippen molar-refractivity contribution in [1.29, 1.82) is 0 Å². The lowest BCUT2D eigenvalue weighted by atomic mass is 9.86. The van der Waals surface area contributed by atoms with E-state index in [1.165, 1.54) is 10.5 Å². The van der Waals surface area contributed by atoms with Gasteiger partial charge in [-0.3, -0.25) is 28.8 Å². The Morgan fingerprint density at radius 3 is 2.45 bits per heavy atom. The Bertz CT molecular complexity index is 1870. The summed E-state index contributed by atoms with van der Waals surface area (Å²) < 4.78 is 40.0. The van der Waals surface area contributed by atoms with Gasteiger partial charge in [0.05, 0.1) is 35.6 Å². The average molecular weight is 778 g/mol. The number of ether oxygens (including phenoxy) is 2. The zero-order valence-corrected chi connectivity index (χ0v) is 32.8. The quantitative estimate of drug-likeness (QED) is 0.266. The first kappa shape index (κ1) is 38.1. The minimum absolute atomic E-state index is 0.0226. The van der Waals surface area contributed by atoms with Crippen molar-refractivity contribution in [3.8, 4) is 0 Å². The molecule has 55 heavy (non-hydrogen) atoms. The van der Waals surface area contributed by atoms with Gasteiger partial charge in [0, 0.05) is 31.8 Å². The predicted octanol–water partition coefficient (Wildman–Crippen LogP) is 5.50. The molecular weight excluding hydrogens is 723 g/mol. The van der Waals surface area contributed by atoms with Gasteiger partial charge in [0.2, 0.25) is 21.8 Å². The van der Waals surface area contributed by atoms with Crippen molar-refractivity contribution in [2.45, 2.75) is 146 Å². The fourth-order valence-corrected chi connectivity index (χ4v) is 11.6. The Hall–Kier alpha value is -3.74. The lowest BCUT2D eigenvalue weighted by Crippen LogP contribution is -2.47. The molecule has 5 fully saturated rings. The highest BCUT2D eigenvalue weighted by molar-refractivity contribution is 7.90. The smallest absolute Gasteiger partial charge is 0.410 e. The molecule has 0 unspecified atom stereocenters. The summed E-state index contributed by atoms with van der Waals surface area (Å²) in [7, 11) is -3.86. The van der Waals surface area contributed by atoms with E-state index in [-0.39, 0.29) is 50.0 Å². The van der Waals surface area contributed by atoms with E-state index in [0.29, 0.717) is 25.9 Å². The van der Waals surface area contributed by atoms with Gasteiger partial charge in [-0.25, -0.2) is 13.2 Å². The van der Waals surface area contributed by atoms with Gasteiger partial charge in [-0.05, 0) is 93.2 Å². The highest BCUT2D eigenvalue weighted by Gasteiger charge is 2.62. The molecule has 298 valence electrons. The molecule has 4 aliphatic carbocycles. The number of fused-ring (bicyclic) bond motifs is 4. The van der Waals surface area contributed by atoms with E-state index in [9.17, 15) is 32.4 Å². The van der Waals surface area contributed by atoms with E-state index in [1.54, 1.807) is 11.0 Å². The van der Waals surface area contributed by atoms with E-state index < -0.39 is 74.0 Å². The zero-order chi connectivity index (χ0) is 38.7. The Labute approximate surface area is 324 Å². The molecule has 0 aromatic heterocycles. The molecule has 7 atom stereocenters. The van der Waals surface area contributed by atoms with Crippen LogP contribution in [-0.4, -0.2) is 77.4 Å². The number of nitrogens with zero attached hydrogens (tertiary/aromatic N) is 2. The molecule has 4 saturated carbocycles. The van der Waals surface area contributed by atoms with E-state index in [2.05, 4.69) is 17.4 Å². The number of aryl methyl sites for hydroxylation is 1. The first-order chi connectivity index (χ1) is 26.3. The topological polar surface area (TPSA) is 156 Å². The molecular formula is C42H55N3O9S. The van der Waals surface area contributed by atoms with Crippen LogP contribution in [0.2, 0.25) is 0 Å². The number of esters is 1. The summed E-state index contributed by atoms with van der Waals surface area (Å²) in [6.07, 6.45) is 10.4.